The molecule has 0 atom stereocenters. The summed E-state index contributed by atoms with van der Waals surface area (Å²) in [6, 6.07) is 19.6. The largest absolute Gasteiger partial charge is 0.486 e. The molecule has 0 bridgehead atoms. The predicted molar refractivity (Wildman–Crippen MR) is 118 cm³/mol. The lowest BCUT2D eigenvalue weighted by molar-refractivity contribution is 0.171. The molecule has 5 rings (SSSR count). The molecule has 0 saturated carbocycles. The minimum atomic E-state index is 0.546. The van der Waals surface area contributed by atoms with Crippen LogP contribution in [0.2, 0.25) is 5.02 Å². The third-order valence-electron chi connectivity index (χ3n) is 4.78. The van der Waals surface area contributed by atoms with Crippen LogP contribution < -0.4 is 9.47 Å². The van der Waals surface area contributed by atoms with Crippen molar-refractivity contribution >= 4 is 23.4 Å². The third-order valence-corrected chi connectivity index (χ3v) is 6.20. The van der Waals surface area contributed by atoms with Crippen LogP contribution in [0, 0.1) is 0 Å². The van der Waals surface area contributed by atoms with Gasteiger partial charge in [0.25, 0.3) is 0 Å². The molecule has 5 nitrogen and oxygen atoms in total. The van der Waals surface area contributed by atoms with Crippen molar-refractivity contribution in [3.8, 4) is 34.3 Å². The first-order chi connectivity index (χ1) is 14.7. The van der Waals surface area contributed by atoms with Crippen molar-refractivity contribution in [1.29, 1.82) is 0 Å². The van der Waals surface area contributed by atoms with Gasteiger partial charge in [0.15, 0.2) is 17.3 Å². The van der Waals surface area contributed by atoms with E-state index in [2.05, 4.69) is 9.55 Å². The van der Waals surface area contributed by atoms with Crippen molar-refractivity contribution in [3.05, 3.63) is 71.9 Å². The van der Waals surface area contributed by atoms with Crippen molar-refractivity contribution in [2.24, 2.45) is 7.05 Å². The fourth-order valence-electron chi connectivity index (χ4n) is 3.32. The van der Waals surface area contributed by atoms with Crippen molar-refractivity contribution in [2.45, 2.75) is 9.92 Å². The van der Waals surface area contributed by atoms with Crippen molar-refractivity contribution < 1.29 is 9.47 Å². The van der Waals surface area contributed by atoms with Gasteiger partial charge in [-0.05, 0) is 54.6 Å². The molecule has 0 N–H and O–H groups in total. The second-order valence-corrected chi connectivity index (χ2v) is 8.28. The van der Waals surface area contributed by atoms with Crippen LogP contribution in [-0.4, -0.2) is 27.7 Å². The Morgan fingerprint density at radius 2 is 1.77 bits per heavy atom. The lowest BCUT2D eigenvalue weighted by atomic mass is 10.1. The van der Waals surface area contributed by atoms with Gasteiger partial charge in [-0.15, -0.1) is 0 Å². The maximum absolute atomic E-state index is 6.06. The summed E-state index contributed by atoms with van der Waals surface area (Å²) in [6.07, 6.45) is 1.78. The van der Waals surface area contributed by atoms with Gasteiger partial charge >= 0.3 is 0 Å². The number of hydrogen-bond donors (Lipinski definition) is 0. The maximum atomic E-state index is 6.06. The maximum Gasteiger partial charge on any atom is 0.162 e. The number of ether oxygens (including phenoxy) is 2. The lowest BCUT2D eigenvalue weighted by Gasteiger charge is -2.18. The topological polar surface area (TPSA) is 49.2 Å². The molecule has 2 aromatic heterocycles. The van der Waals surface area contributed by atoms with E-state index in [1.54, 1.807) is 18.0 Å². The summed E-state index contributed by atoms with van der Waals surface area (Å²) in [5.41, 5.74) is 2.66. The Hall–Kier alpha value is -2.96. The number of rotatable bonds is 4. The minimum absolute atomic E-state index is 0.546. The average Bonchev–Trinajstić information content (AvgIpc) is 3.11. The van der Waals surface area contributed by atoms with E-state index in [1.165, 1.54) is 0 Å². The van der Waals surface area contributed by atoms with E-state index >= 15 is 0 Å². The van der Waals surface area contributed by atoms with Gasteiger partial charge < -0.3 is 14.0 Å². The highest BCUT2D eigenvalue weighted by Gasteiger charge is 2.21. The van der Waals surface area contributed by atoms with Gasteiger partial charge in [0.1, 0.15) is 29.6 Å². The molecule has 0 amide bonds. The summed E-state index contributed by atoms with van der Waals surface area (Å²) >= 11 is 7.70. The first kappa shape index (κ1) is 19.0. The minimum Gasteiger partial charge on any atom is -0.486 e. The van der Waals surface area contributed by atoms with Gasteiger partial charge in [-0.3, -0.25) is 4.98 Å². The van der Waals surface area contributed by atoms with Crippen molar-refractivity contribution in [1.82, 2.24) is 14.5 Å². The molecule has 0 saturated heterocycles. The van der Waals surface area contributed by atoms with Crippen LogP contribution in [0.1, 0.15) is 0 Å². The zero-order chi connectivity index (χ0) is 20.5. The van der Waals surface area contributed by atoms with E-state index in [1.807, 2.05) is 67.7 Å². The number of halogens is 1. The van der Waals surface area contributed by atoms with Gasteiger partial charge in [-0.2, -0.15) is 0 Å². The summed E-state index contributed by atoms with van der Waals surface area (Å²) in [7, 11) is 2.01. The summed E-state index contributed by atoms with van der Waals surface area (Å²) in [5.74, 6) is 2.31. The number of benzene rings is 2. The molecule has 7 heteroatoms. The monoisotopic (exact) mass is 435 g/mol. The molecule has 0 fully saturated rings. The lowest BCUT2D eigenvalue weighted by Crippen LogP contribution is -2.15. The Balaban J connectivity index is 1.64. The normalized spacial score (nSPS) is 12.7. The van der Waals surface area contributed by atoms with Crippen LogP contribution in [0.3, 0.4) is 0 Å². The molecular formula is C23H18ClN3O2S. The molecule has 0 spiro atoms. The molecule has 0 aliphatic carbocycles. The first-order valence-electron chi connectivity index (χ1n) is 9.50. The van der Waals surface area contributed by atoms with Crippen LogP contribution >= 0.6 is 23.4 Å². The van der Waals surface area contributed by atoms with E-state index in [9.17, 15) is 0 Å². The van der Waals surface area contributed by atoms with Crippen LogP contribution in [0.25, 0.3) is 22.8 Å². The molecular weight excluding hydrogens is 418 g/mol. The molecule has 3 heterocycles. The van der Waals surface area contributed by atoms with Gasteiger partial charge in [-0.25, -0.2) is 4.98 Å². The Kier molecular flexibility index (Phi) is 5.11. The van der Waals surface area contributed by atoms with E-state index in [-0.39, 0.29) is 0 Å². The molecule has 30 heavy (non-hydrogen) atoms. The number of nitrogens with zero attached hydrogens (tertiary/aromatic N) is 3. The Labute approximate surface area is 183 Å². The summed E-state index contributed by atoms with van der Waals surface area (Å²) < 4.78 is 13.5. The van der Waals surface area contributed by atoms with Gasteiger partial charge in [0.05, 0.1) is 0 Å². The van der Waals surface area contributed by atoms with Gasteiger partial charge in [0.2, 0.25) is 0 Å². The van der Waals surface area contributed by atoms with E-state index in [4.69, 9.17) is 26.1 Å². The summed E-state index contributed by atoms with van der Waals surface area (Å²) in [6.45, 7) is 1.11. The van der Waals surface area contributed by atoms with Crippen LogP contribution in [0.5, 0.6) is 11.5 Å². The SMILES string of the molecule is Cn1c(-c2ccccn2)nc(-c2ccc3c(c2)OCCO3)c1Sc1ccc(Cl)cc1. The average molecular weight is 436 g/mol. The van der Waals surface area contributed by atoms with Crippen LogP contribution in [-0.2, 0) is 7.05 Å². The first-order valence-corrected chi connectivity index (χ1v) is 10.7. The van der Waals surface area contributed by atoms with Crippen molar-refractivity contribution in [2.75, 3.05) is 13.2 Å². The number of aromatic nitrogens is 3. The number of fused-ring (bicyclic) bond motifs is 1. The number of pyridine rings is 1. The summed E-state index contributed by atoms with van der Waals surface area (Å²) in [4.78, 5) is 10.5. The highest BCUT2D eigenvalue weighted by molar-refractivity contribution is 7.99. The van der Waals surface area contributed by atoms with Crippen molar-refractivity contribution in [3.63, 3.8) is 0 Å². The fraction of sp³-hybridized carbons (Fsp3) is 0.130. The standard InChI is InChI=1S/C23H18ClN3O2S/c1-27-22(18-4-2-3-11-25-18)26-21(23(27)30-17-8-6-16(24)7-9-17)15-5-10-19-20(14-15)29-13-12-28-19/h2-11,14H,12-13H2,1H3. The second kappa shape index (κ2) is 8.05. The van der Waals surface area contributed by atoms with E-state index in [0.29, 0.717) is 18.2 Å². The molecule has 2 aromatic carbocycles. The highest BCUT2D eigenvalue weighted by Crippen LogP contribution is 2.41. The molecule has 1 aliphatic heterocycles. The van der Waals surface area contributed by atoms with Crippen LogP contribution in [0.15, 0.2) is 76.8 Å². The Morgan fingerprint density at radius 1 is 0.967 bits per heavy atom. The zero-order valence-corrected chi connectivity index (χ0v) is 17.8. The van der Waals surface area contributed by atoms with Gasteiger partial charge in [0, 0.05) is 28.7 Å². The number of hydrogen-bond acceptors (Lipinski definition) is 5. The predicted octanol–water partition coefficient (Wildman–Crippen LogP) is 5.72. The van der Waals surface area contributed by atoms with E-state index < -0.39 is 0 Å². The highest BCUT2D eigenvalue weighted by atomic mass is 35.5. The Morgan fingerprint density at radius 3 is 2.53 bits per heavy atom. The molecule has 0 unspecified atom stereocenters. The quantitative estimate of drug-likeness (QED) is 0.410. The molecule has 1 aliphatic rings. The van der Waals surface area contributed by atoms with Gasteiger partial charge in [-0.1, -0.05) is 29.4 Å². The fourth-order valence-corrected chi connectivity index (χ4v) is 4.42. The third kappa shape index (κ3) is 3.64. The van der Waals surface area contributed by atoms with Crippen LogP contribution in [0.4, 0.5) is 0 Å². The summed E-state index contributed by atoms with van der Waals surface area (Å²) in [5, 5.41) is 1.72. The molecule has 4 aromatic rings. The second-order valence-electron chi connectivity index (χ2n) is 6.78. The Bertz CT molecular complexity index is 1190. The van der Waals surface area contributed by atoms with E-state index in [0.717, 1.165) is 44.2 Å². The smallest absolute Gasteiger partial charge is 0.162 e. The zero-order valence-electron chi connectivity index (χ0n) is 16.2. The molecule has 150 valence electrons. The number of imidazole rings is 1. The molecule has 0 radical (unpaired) electrons.